The first-order valence-corrected chi connectivity index (χ1v) is 22.6. The van der Waals surface area contributed by atoms with E-state index in [4.69, 9.17) is 15.2 Å². The van der Waals surface area contributed by atoms with Gasteiger partial charge in [-0.25, -0.2) is 0 Å². The first-order valence-electron chi connectivity index (χ1n) is 22.6. The van der Waals surface area contributed by atoms with Crippen LogP contribution in [-0.4, -0.2) is 128 Å². The van der Waals surface area contributed by atoms with Crippen LogP contribution in [0.3, 0.4) is 0 Å². The Morgan fingerprint density at radius 2 is 1.51 bits per heavy atom. The molecule has 5 amide bonds. The fourth-order valence-corrected chi connectivity index (χ4v) is 8.81. The van der Waals surface area contributed by atoms with Gasteiger partial charge in [0.1, 0.15) is 12.1 Å². The summed E-state index contributed by atoms with van der Waals surface area (Å²) in [5, 5.41) is 8.96. The number of nitrogens with one attached hydrogen (secondary N) is 3. The molecule has 63 heavy (non-hydrogen) atoms. The molecule has 0 bridgehead atoms. The maximum Gasteiger partial charge on any atom is 0.247 e. The van der Waals surface area contributed by atoms with Gasteiger partial charge in [-0.2, -0.15) is 0 Å². The van der Waals surface area contributed by atoms with E-state index in [1.807, 2.05) is 90.7 Å². The molecule has 0 aliphatic carbocycles. The molecule has 7 unspecified atom stereocenters. The molecule has 10 atom stereocenters. The molecule has 350 valence electrons. The van der Waals surface area contributed by atoms with Crippen molar-refractivity contribution in [2.24, 2.45) is 23.7 Å². The second-order valence-electron chi connectivity index (χ2n) is 18.0. The van der Waals surface area contributed by atoms with Crippen molar-refractivity contribution in [3.8, 4) is 0 Å². The first kappa shape index (κ1) is 52.6. The topological polar surface area (TPSA) is 176 Å². The van der Waals surface area contributed by atoms with Crippen molar-refractivity contribution in [2.45, 2.75) is 136 Å². The summed E-state index contributed by atoms with van der Waals surface area (Å²) < 4.78 is 12.1. The van der Waals surface area contributed by atoms with Crippen molar-refractivity contribution in [3.05, 3.63) is 72.8 Å². The van der Waals surface area contributed by atoms with Gasteiger partial charge in [0.15, 0.2) is 0 Å². The molecule has 3 rings (SSSR count). The van der Waals surface area contributed by atoms with Crippen molar-refractivity contribution >= 4 is 40.9 Å². The van der Waals surface area contributed by atoms with Crippen LogP contribution in [0.15, 0.2) is 67.3 Å². The second kappa shape index (κ2) is 24.9. The largest absolute Gasteiger partial charge is 0.399 e. The molecule has 0 radical (unpaired) electrons. The Labute approximate surface area is 377 Å². The monoisotopic (exact) mass is 876 g/mol. The third kappa shape index (κ3) is 14.1. The van der Waals surface area contributed by atoms with E-state index in [0.29, 0.717) is 37.2 Å². The average molecular weight is 876 g/mol. The Morgan fingerprint density at radius 1 is 0.873 bits per heavy atom. The van der Waals surface area contributed by atoms with Crippen molar-refractivity contribution in [1.82, 2.24) is 25.3 Å². The van der Waals surface area contributed by atoms with Gasteiger partial charge < -0.3 is 41.0 Å². The fourth-order valence-electron chi connectivity index (χ4n) is 8.81. The van der Waals surface area contributed by atoms with Crippen LogP contribution in [0.1, 0.15) is 86.6 Å². The zero-order valence-corrected chi connectivity index (χ0v) is 39.9. The third-order valence-corrected chi connectivity index (χ3v) is 12.9. The molecular weight excluding hydrogens is 799 g/mol. The van der Waals surface area contributed by atoms with Gasteiger partial charge in [-0.1, -0.05) is 91.3 Å². The Balaban J connectivity index is 1.82. The molecule has 14 heteroatoms. The minimum Gasteiger partial charge on any atom is -0.399 e. The van der Waals surface area contributed by atoms with Crippen LogP contribution in [-0.2, 0) is 39.9 Å². The summed E-state index contributed by atoms with van der Waals surface area (Å²) in [6, 6.07) is 13.1. The number of rotatable bonds is 24. The number of likely N-dealkylation sites (tertiary alicyclic amines) is 1. The van der Waals surface area contributed by atoms with Crippen molar-refractivity contribution < 1.29 is 33.4 Å². The molecule has 2 aromatic carbocycles. The van der Waals surface area contributed by atoms with Gasteiger partial charge in [-0.15, -0.1) is 6.58 Å². The number of carbonyl (C=O) groups is 5. The smallest absolute Gasteiger partial charge is 0.247 e. The minimum atomic E-state index is -0.902. The van der Waals surface area contributed by atoms with Gasteiger partial charge in [0.2, 0.25) is 29.5 Å². The highest BCUT2D eigenvalue weighted by Gasteiger charge is 2.43. The minimum absolute atomic E-state index is 0.0144. The lowest BCUT2D eigenvalue weighted by molar-refractivity contribution is -0.148. The van der Waals surface area contributed by atoms with E-state index in [1.165, 1.54) is 7.11 Å². The molecule has 1 aliphatic heterocycles. The molecule has 5 N–H and O–H groups in total. The highest BCUT2D eigenvalue weighted by Crippen LogP contribution is 2.30. The predicted molar refractivity (Wildman–Crippen MR) is 251 cm³/mol. The number of carbonyl (C=O) groups excluding carboxylic acids is 5. The third-order valence-electron chi connectivity index (χ3n) is 12.9. The number of hydrogen-bond donors (Lipinski definition) is 4. The van der Waals surface area contributed by atoms with Crippen LogP contribution in [0, 0.1) is 23.7 Å². The SMILES string of the molecule is C=CC(C)N(C)C(C(=O)N[C@H](C(=O)N(C)C(C(CC(=O)N1CCCC1C(OC)C(C)C(=O)N[C@@H](Cc1ccccc1)C(=O)Nc1ccc(N)cc1)OC)[C@@H](C)CC)C(C)C)C(C)C. The highest BCUT2D eigenvalue weighted by molar-refractivity contribution is 5.98. The molecule has 1 heterocycles. The zero-order valence-electron chi connectivity index (χ0n) is 39.9. The van der Waals surface area contributed by atoms with E-state index in [1.54, 1.807) is 61.2 Å². The van der Waals surface area contributed by atoms with Gasteiger partial charge in [-0.05, 0) is 74.4 Å². The standard InChI is InChI=1S/C49H77N7O7/c1-14-32(7)44(55(11)49(61)42(30(3)4)53-48(60)43(31(5)6)54(10)33(8)15-2)40(62-12)29-41(57)56-27-19-22-39(56)45(63-13)34(9)46(58)52-38(28-35-20-17-16-18-21-35)47(59)51-37-25-23-36(50)24-26-37/h15-18,20-21,23-26,30-34,38-40,42-45H,2,14,19,22,27-29,50H2,1,3-13H3,(H,51,59)(H,52,58)(H,53,60)/t32-,33?,34?,38-,39?,40?,42-,43?,44?,45?/m0/s1. The number of nitrogen functional groups attached to an aromatic ring is 1. The van der Waals surface area contributed by atoms with Crippen LogP contribution in [0.25, 0.3) is 0 Å². The molecular formula is C49H77N7O7. The zero-order chi connectivity index (χ0) is 47.1. The number of hydrogen-bond acceptors (Lipinski definition) is 9. The summed E-state index contributed by atoms with van der Waals surface area (Å²) in [6.07, 6.45) is 2.72. The summed E-state index contributed by atoms with van der Waals surface area (Å²) in [6.45, 7) is 20.0. The van der Waals surface area contributed by atoms with Crippen molar-refractivity contribution in [1.29, 1.82) is 0 Å². The van der Waals surface area contributed by atoms with Crippen LogP contribution in [0.4, 0.5) is 11.4 Å². The summed E-state index contributed by atoms with van der Waals surface area (Å²) in [7, 11) is 6.70. The van der Waals surface area contributed by atoms with Crippen LogP contribution in [0.2, 0.25) is 0 Å². The first-order chi connectivity index (χ1) is 29.8. The Bertz CT molecular complexity index is 1790. The number of nitrogens with zero attached hydrogens (tertiary/aromatic N) is 3. The summed E-state index contributed by atoms with van der Waals surface area (Å²) in [5.41, 5.74) is 7.83. The van der Waals surface area contributed by atoms with E-state index in [-0.39, 0.29) is 66.2 Å². The molecule has 1 aliphatic rings. The Hall–Kier alpha value is -4.79. The van der Waals surface area contributed by atoms with Crippen LogP contribution in [0.5, 0.6) is 0 Å². The maximum absolute atomic E-state index is 14.5. The van der Waals surface area contributed by atoms with Crippen molar-refractivity contribution in [2.75, 3.05) is 45.9 Å². The Morgan fingerprint density at radius 3 is 2.05 bits per heavy atom. The normalized spacial score (nSPS) is 18.4. The van der Waals surface area contributed by atoms with Gasteiger partial charge in [0.25, 0.3) is 0 Å². The molecule has 0 spiro atoms. The number of likely N-dealkylation sites (N-methyl/N-ethyl adjacent to an activating group) is 2. The molecule has 14 nitrogen and oxygen atoms in total. The summed E-state index contributed by atoms with van der Waals surface area (Å²) in [5.74, 6) is -2.47. The number of benzene rings is 2. The van der Waals surface area contributed by atoms with E-state index in [0.717, 1.165) is 5.56 Å². The lowest BCUT2D eigenvalue weighted by Gasteiger charge is -2.41. The number of nitrogens with two attached hydrogens (primary N) is 1. The van der Waals surface area contributed by atoms with Crippen LogP contribution < -0.4 is 21.7 Å². The molecule has 0 saturated carbocycles. The van der Waals surface area contributed by atoms with Gasteiger partial charge in [0, 0.05) is 51.6 Å². The van der Waals surface area contributed by atoms with Gasteiger partial charge in [0.05, 0.1) is 42.7 Å². The number of anilines is 2. The number of amides is 5. The molecule has 2 aromatic rings. The molecule has 1 fully saturated rings. The molecule has 1 saturated heterocycles. The fraction of sp³-hybridized carbons (Fsp3) is 0.612. The average Bonchev–Trinajstić information content (AvgIpc) is 3.75. The highest BCUT2D eigenvalue weighted by atomic mass is 16.5. The number of ether oxygens (including phenoxy) is 2. The van der Waals surface area contributed by atoms with E-state index in [2.05, 4.69) is 22.5 Å². The molecule has 0 aromatic heterocycles. The lowest BCUT2D eigenvalue weighted by atomic mass is 9.89. The van der Waals surface area contributed by atoms with E-state index < -0.39 is 48.3 Å². The summed E-state index contributed by atoms with van der Waals surface area (Å²) >= 11 is 0. The van der Waals surface area contributed by atoms with Gasteiger partial charge in [-0.3, -0.25) is 28.9 Å². The Kier molecular flexibility index (Phi) is 20.8. The maximum atomic E-state index is 14.5. The summed E-state index contributed by atoms with van der Waals surface area (Å²) in [4.78, 5) is 75.9. The second-order valence-corrected chi connectivity index (χ2v) is 18.0. The predicted octanol–water partition coefficient (Wildman–Crippen LogP) is 5.53. The van der Waals surface area contributed by atoms with Crippen LogP contribution >= 0.6 is 0 Å². The van der Waals surface area contributed by atoms with E-state index >= 15 is 0 Å². The lowest BCUT2D eigenvalue weighted by Crippen LogP contribution is -2.60. The van der Waals surface area contributed by atoms with Gasteiger partial charge >= 0.3 is 0 Å². The van der Waals surface area contributed by atoms with Crippen molar-refractivity contribution in [3.63, 3.8) is 0 Å². The number of methoxy groups -OCH3 is 2. The van der Waals surface area contributed by atoms with E-state index in [9.17, 15) is 24.0 Å². The quantitative estimate of drug-likeness (QED) is 0.0782.